The number of nitrogens with zero attached hydrogens (tertiary/aromatic N) is 1. The van der Waals surface area contributed by atoms with Gasteiger partial charge in [-0.3, -0.25) is 0 Å². The first-order chi connectivity index (χ1) is 22.8. The van der Waals surface area contributed by atoms with E-state index in [0.29, 0.717) is 0 Å². The molecule has 0 heterocycles. The van der Waals surface area contributed by atoms with Crippen LogP contribution in [-0.4, -0.2) is 0 Å². The number of para-hydroxylation sites is 1. The average Bonchev–Trinajstić information content (AvgIpc) is 3.39. The molecule has 5 atom stereocenters. The van der Waals surface area contributed by atoms with Crippen molar-refractivity contribution >= 4 is 27.8 Å². The maximum atomic E-state index is 2.62. The lowest BCUT2D eigenvalue weighted by atomic mass is 9.47. The van der Waals surface area contributed by atoms with Gasteiger partial charge in [-0.2, -0.15) is 0 Å². The summed E-state index contributed by atoms with van der Waals surface area (Å²) < 4.78 is 0. The Morgan fingerprint density at radius 3 is 2.09 bits per heavy atom. The van der Waals surface area contributed by atoms with Crippen LogP contribution in [0.25, 0.3) is 33.0 Å². The smallest absolute Gasteiger partial charge is 0.0540 e. The van der Waals surface area contributed by atoms with Crippen LogP contribution >= 0.6 is 0 Å². The Morgan fingerprint density at radius 2 is 1.22 bits per heavy atom. The van der Waals surface area contributed by atoms with E-state index in [1.165, 1.54) is 88.6 Å². The molecule has 4 aliphatic carbocycles. The SMILES string of the molecule is c1ccc(-c2ccc(N(c3ccccc3)c3ccc4c(c3)C3(CC5CCC6CC5CC3C6)c3ccccc3-4)c3ccccc23)cc1. The molecule has 0 amide bonds. The van der Waals surface area contributed by atoms with E-state index in [9.17, 15) is 0 Å². The summed E-state index contributed by atoms with van der Waals surface area (Å²) in [6.45, 7) is 0. The minimum atomic E-state index is 0.129. The second kappa shape index (κ2) is 10.2. The molecule has 1 spiro atoms. The van der Waals surface area contributed by atoms with Crippen molar-refractivity contribution in [1.29, 1.82) is 0 Å². The quantitative estimate of drug-likeness (QED) is 0.196. The van der Waals surface area contributed by atoms with E-state index in [-0.39, 0.29) is 5.41 Å². The van der Waals surface area contributed by atoms with Gasteiger partial charge in [0, 0.05) is 22.2 Å². The molecule has 5 unspecified atom stereocenters. The highest BCUT2D eigenvalue weighted by Gasteiger charge is 2.57. The summed E-state index contributed by atoms with van der Waals surface area (Å²) in [5.41, 5.74) is 12.5. The van der Waals surface area contributed by atoms with Crippen molar-refractivity contribution in [1.82, 2.24) is 0 Å². The maximum Gasteiger partial charge on any atom is 0.0540 e. The molecule has 0 saturated heterocycles. The van der Waals surface area contributed by atoms with Crippen LogP contribution in [-0.2, 0) is 5.41 Å². The lowest BCUT2D eigenvalue weighted by Crippen LogP contribution is -2.50. The number of rotatable bonds is 4. The minimum Gasteiger partial charge on any atom is -0.310 e. The maximum absolute atomic E-state index is 2.62. The van der Waals surface area contributed by atoms with Crippen molar-refractivity contribution in [3.63, 3.8) is 0 Å². The van der Waals surface area contributed by atoms with Crippen molar-refractivity contribution in [2.24, 2.45) is 23.7 Å². The highest BCUT2D eigenvalue weighted by Crippen LogP contribution is 2.66. The monoisotopic (exact) mass is 593 g/mol. The molecule has 3 fully saturated rings. The molecule has 4 aliphatic rings. The van der Waals surface area contributed by atoms with Gasteiger partial charge in [0.2, 0.25) is 0 Å². The molecule has 6 aromatic rings. The normalized spacial score (nSPS) is 25.4. The van der Waals surface area contributed by atoms with E-state index in [0.717, 1.165) is 23.7 Å². The molecular weight excluding hydrogens is 555 g/mol. The van der Waals surface area contributed by atoms with Gasteiger partial charge in [-0.1, -0.05) is 116 Å². The Balaban J connectivity index is 1.19. The van der Waals surface area contributed by atoms with Crippen molar-refractivity contribution in [3.05, 3.63) is 151 Å². The molecule has 0 aromatic heterocycles. The van der Waals surface area contributed by atoms with Crippen LogP contribution in [0, 0.1) is 23.7 Å². The predicted molar refractivity (Wildman–Crippen MR) is 192 cm³/mol. The van der Waals surface area contributed by atoms with Gasteiger partial charge in [0.05, 0.1) is 5.69 Å². The minimum absolute atomic E-state index is 0.129. The third kappa shape index (κ3) is 3.81. The van der Waals surface area contributed by atoms with Crippen molar-refractivity contribution in [3.8, 4) is 22.3 Å². The van der Waals surface area contributed by atoms with E-state index in [1.807, 2.05) is 0 Å². The number of hydrogen-bond acceptors (Lipinski definition) is 1. The van der Waals surface area contributed by atoms with Crippen LogP contribution in [0.3, 0.4) is 0 Å². The molecule has 224 valence electrons. The van der Waals surface area contributed by atoms with Gasteiger partial charge in [-0.15, -0.1) is 0 Å². The fourth-order valence-electron chi connectivity index (χ4n) is 10.6. The Bertz CT molecular complexity index is 2090. The van der Waals surface area contributed by atoms with Crippen molar-refractivity contribution < 1.29 is 0 Å². The number of hydrogen-bond donors (Lipinski definition) is 0. The number of benzene rings is 6. The third-order valence-electron chi connectivity index (χ3n) is 12.4. The van der Waals surface area contributed by atoms with Gasteiger partial charge in [0.15, 0.2) is 0 Å². The molecule has 6 aromatic carbocycles. The fraction of sp³-hybridized carbons (Fsp3) is 0.244. The molecule has 46 heavy (non-hydrogen) atoms. The lowest BCUT2D eigenvalue weighted by Gasteiger charge is -2.57. The Hall–Kier alpha value is -4.62. The van der Waals surface area contributed by atoms with Crippen LogP contribution in [0.15, 0.2) is 140 Å². The summed E-state index contributed by atoms with van der Waals surface area (Å²) in [6, 6.07) is 52.4. The van der Waals surface area contributed by atoms with Gasteiger partial charge in [0.25, 0.3) is 0 Å². The van der Waals surface area contributed by atoms with Gasteiger partial charge >= 0.3 is 0 Å². The standard InChI is InChI=1S/C45H39N/c1-3-11-31(12-4-1)37-23-24-44(41-17-8-7-15-38(37)41)46(35-13-5-2-6-14-35)36-21-22-40-39-16-9-10-18-42(39)45(43(40)28-36)29-32-20-19-30-25-33(32)27-34(45)26-30/h1-18,21-24,28,30,32-34H,19-20,25-27,29H2. The summed E-state index contributed by atoms with van der Waals surface area (Å²) in [5.74, 6) is 3.46. The second-order valence-electron chi connectivity index (χ2n) is 14.5. The lowest BCUT2D eigenvalue weighted by molar-refractivity contribution is -0.0103. The summed E-state index contributed by atoms with van der Waals surface area (Å²) in [7, 11) is 0. The van der Waals surface area contributed by atoms with E-state index in [1.54, 1.807) is 11.1 Å². The topological polar surface area (TPSA) is 3.24 Å². The molecule has 0 aliphatic heterocycles. The summed E-state index contributed by atoms with van der Waals surface area (Å²) in [4.78, 5) is 2.52. The van der Waals surface area contributed by atoms with Gasteiger partial charge in [-0.25, -0.2) is 0 Å². The summed E-state index contributed by atoms with van der Waals surface area (Å²) in [6.07, 6.45) is 8.50. The molecule has 10 rings (SSSR count). The zero-order chi connectivity index (χ0) is 30.2. The van der Waals surface area contributed by atoms with Gasteiger partial charge < -0.3 is 4.90 Å². The molecule has 3 saturated carbocycles. The average molecular weight is 594 g/mol. The molecule has 1 nitrogen and oxygen atoms in total. The molecular formula is C45H39N. The van der Waals surface area contributed by atoms with Crippen LogP contribution in [0.4, 0.5) is 17.1 Å². The van der Waals surface area contributed by atoms with E-state index in [4.69, 9.17) is 0 Å². The zero-order valence-electron chi connectivity index (χ0n) is 26.3. The number of anilines is 3. The van der Waals surface area contributed by atoms with Crippen molar-refractivity contribution in [2.45, 2.75) is 43.9 Å². The number of fused-ring (bicyclic) bond motifs is 9. The highest BCUT2D eigenvalue weighted by molar-refractivity contribution is 6.06. The Labute approximate surface area is 272 Å². The Kier molecular flexibility index (Phi) is 5.89. The first kappa shape index (κ1) is 26.6. The Morgan fingerprint density at radius 1 is 0.500 bits per heavy atom. The highest BCUT2D eigenvalue weighted by atomic mass is 15.1. The van der Waals surface area contributed by atoms with Gasteiger partial charge in [-0.05, 0) is 125 Å². The third-order valence-corrected chi connectivity index (χ3v) is 12.4. The summed E-state index contributed by atoms with van der Waals surface area (Å²) >= 11 is 0. The first-order valence-corrected chi connectivity index (χ1v) is 17.4. The fourth-order valence-corrected chi connectivity index (χ4v) is 10.6. The molecule has 0 radical (unpaired) electrons. The van der Waals surface area contributed by atoms with E-state index in [2.05, 4.69) is 144 Å². The van der Waals surface area contributed by atoms with Crippen molar-refractivity contribution in [2.75, 3.05) is 4.90 Å². The first-order valence-electron chi connectivity index (χ1n) is 17.4. The molecule has 0 N–H and O–H groups in total. The predicted octanol–water partition coefficient (Wildman–Crippen LogP) is 12.1. The van der Waals surface area contributed by atoms with Crippen LogP contribution < -0.4 is 4.90 Å². The van der Waals surface area contributed by atoms with Gasteiger partial charge in [0.1, 0.15) is 0 Å². The summed E-state index contributed by atoms with van der Waals surface area (Å²) in [5, 5.41) is 2.56. The van der Waals surface area contributed by atoms with Crippen LogP contribution in [0.5, 0.6) is 0 Å². The second-order valence-corrected chi connectivity index (χ2v) is 14.5. The largest absolute Gasteiger partial charge is 0.310 e. The molecule has 1 heteroatoms. The molecule has 3 bridgehead atoms. The van der Waals surface area contributed by atoms with E-state index >= 15 is 0 Å². The zero-order valence-corrected chi connectivity index (χ0v) is 26.3. The van der Waals surface area contributed by atoms with Crippen LogP contribution in [0.1, 0.15) is 49.7 Å². The van der Waals surface area contributed by atoms with E-state index < -0.39 is 0 Å². The van der Waals surface area contributed by atoms with Crippen LogP contribution in [0.2, 0.25) is 0 Å².